The quantitative estimate of drug-likeness (QED) is 0.315. The zero-order valence-electron chi connectivity index (χ0n) is 15.4. The Morgan fingerprint density at radius 1 is 0.929 bits per heavy atom. The molecular weight excluding hydrogens is 349 g/mol. The molecule has 0 saturated heterocycles. The molecule has 4 aromatic rings. The van der Waals surface area contributed by atoms with Crippen molar-refractivity contribution in [2.75, 3.05) is 0 Å². The number of rotatable bonds is 4. The molecule has 0 bridgehead atoms. The van der Waals surface area contributed by atoms with Crippen molar-refractivity contribution < 1.29 is 9.18 Å². The third-order valence-corrected chi connectivity index (χ3v) is 4.66. The second-order valence-electron chi connectivity index (χ2n) is 6.58. The summed E-state index contributed by atoms with van der Waals surface area (Å²) in [6.45, 7) is 1.85. The molecule has 0 aliphatic rings. The van der Waals surface area contributed by atoms with Gasteiger partial charge in [-0.05, 0) is 42.3 Å². The first-order valence-electron chi connectivity index (χ1n) is 9.06. The molecule has 0 N–H and O–H groups in total. The highest BCUT2D eigenvalue weighted by Crippen LogP contribution is 2.33. The van der Waals surface area contributed by atoms with Gasteiger partial charge in [-0.15, -0.1) is 0 Å². The van der Waals surface area contributed by atoms with Crippen LogP contribution in [-0.2, 0) is 0 Å². The predicted molar refractivity (Wildman–Crippen MR) is 112 cm³/mol. The van der Waals surface area contributed by atoms with Gasteiger partial charge in [0.1, 0.15) is 5.82 Å². The lowest BCUT2D eigenvalue weighted by Gasteiger charge is -2.14. The van der Waals surface area contributed by atoms with Gasteiger partial charge in [0.05, 0.1) is 11.1 Å². The molecule has 0 spiro atoms. The van der Waals surface area contributed by atoms with Crippen LogP contribution in [0.3, 0.4) is 0 Å². The van der Waals surface area contributed by atoms with E-state index in [1.165, 1.54) is 18.2 Å². The molecule has 28 heavy (non-hydrogen) atoms. The molecule has 0 fully saturated rings. The van der Waals surface area contributed by atoms with Crippen LogP contribution in [0.1, 0.15) is 21.6 Å². The van der Waals surface area contributed by atoms with Crippen LogP contribution in [0, 0.1) is 12.7 Å². The van der Waals surface area contributed by atoms with Gasteiger partial charge in [-0.3, -0.25) is 9.78 Å². The molecule has 0 aliphatic carbocycles. The SMILES string of the molecule is Cc1nc2ccccc2c(-c2ccccc2)c1C(=O)/C=C/c1cccc(F)c1. The molecule has 136 valence electrons. The predicted octanol–water partition coefficient (Wildman–Crippen LogP) is 6.25. The number of pyridine rings is 1. The summed E-state index contributed by atoms with van der Waals surface area (Å²) in [5, 5.41) is 0.932. The third-order valence-electron chi connectivity index (χ3n) is 4.66. The average molecular weight is 367 g/mol. The van der Waals surface area contributed by atoms with E-state index in [2.05, 4.69) is 4.98 Å². The number of carbonyl (C=O) groups excluding carboxylic acids is 1. The maximum Gasteiger partial charge on any atom is 0.188 e. The fourth-order valence-electron chi connectivity index (χ4n) is 3.41. The molecule has 1 aromatic heterocycles. The second-order valence-corrected chi connectivity index (χ2v) is 6.58. The Morgan fingerprint density at radius 2 is 1.68 bits per heavy atom. The van der Waals surface area contributed by atoms with Gasteiger partial charge >= 0.3 is 0 Å². The van der Waals surface area contributed by atoms with Crippen molar-refractivity contribution in [1.29, 1.82) is 0 Å². The number of hydrogen-bond donors (Lipinski definition) is 0. The summed E-state index contributed by atoms with van der Waals surface area (Å²) >= 11 is 0. The molecule has 4 rings (SSSR count). The molecule has 0 radical (unpaired) electrons. The van der Waals surface area contributed by atoms with E-state index >= 15 is 0 Å². The van der Waals surface area contributed by atoms with E-state index in [0.29, 0.717) is 16.8 Å². The van der Waals surface area contributed by atoms with Crippen molar-refractivity contribution in [2.45, 2.75) is 6.92 Å². The van der Waals surface area contributed by atoms with Crippen molar-refractivity contribution in [3.8, 4) is 11.1 Å². The summed E-state index contributed by atoms with van der Waals surface area (Å²) in [6.07, 6.45) is 3.12. The van der Waals surface area contributed by atoms with Gasteiger partial charge in [0, 0.05) is 16.6 Å². The van der Waals surface area contributed by atoms with Gasteiger partial charge in [-0.25, -0.2) is 4.39 Å². The van der Waals surface area contributed by atoms with Crippen molar-refractivity contribution in [2.24, 2.45) is 0 Å². The van der Waals surface area contributed by atoms with Crippen LogP contribution in [0.15, 0.2) is 84.9 Å². The van der Waals surface area contributed by atoms with E-state index in [1.807, 2.05) is 61.5 Å². The molecule has 0 atom stereocenters. The number of para-hydroxylation sites is 1. The lowest BCUT2D eigenvalue weighted by molar-refractivity contribution is 0.104. The van der Waals surface area contributed by atoms with Crippen LogP contribution in [0.4, 0.5) is 4.39 Å². The average Bonchev–Trinajstić information content (AvgIpc) is 2.71. The van der Waals surface area contributed by atoms with Crippen LogP contribution in [0.2, 0.25) is 0 Å². The number of aryl methyl sites for hydroxylation is 1. The number of carbonyl (C=O) groups is 1. The smallest absolute Gasteiger partial charge is 0.188 e. The Labute approximate surface area is 163 Å². The van der Waals surface area contributed by atoms with Crippen LogP contribution < -0.4 is 0 Å². The van der Waals surface area contributed by atoms with E-state index in [0.717, 1.165) is 22.0 Å². The van der Waals surface area contributed by atoms with Crippen molar-refractivity contribution >= 4 is 22.8 Å². The first kappa shape index (κ1) is 17.8. The van der Waals surface area contributed by atoms with Gasteiger partial charge < -0.3 is 0 Å². The first-order chi connectivity index (χ1) is 13.6. The Morgan fingerprint density at radius 3 is 2.46 bits per heavy atom. The Kier molecular flexibility index (Phi) is 4.81. The van der Waals surface area contributed by atoms with E-state index in [9.17, 15) is 9.18 Å². The van der Waals surface area contributed by atoms with Gasteiger partial charge in [-0.2, -0.15) is 0 Å². The zero-order valence-corrected chi connectivity index (χ0v) is 15.4. The van der Waals surface area contributed by atoms with E-state index in [-0.39, 0.29) is 11.6 Å². The molecule has 0 aliphatic heterocycles. The first-order valence-corrected chi connectivity index (χ1v) is 9.06. The fraction of sp³-hybridized carbons (Fsp3) is 0.0400. The number of allylic oxidation sites excluding steroid dienone is 1. The highest BCUT2D eigenvalue weighted by Gasteiger charge is 2.18. The minimum absolute atomic E-state index is 0.154. The molecular formula is C25H18FNO. The topological polar surface area (TPSA) is 30.0 Å². The van der Waals surface area contributed by atoms with Crippen LogP contribution in [0.5, 0.6) is 0 Å². The lowest BCUT2D eigenvalue weighted by Crippen LogP contribution is -2.05. The summed E-state index contributed by atoms with van der Waals surface area (Å²) in [6, 6.07) is 23.8. The largest absolute Gasteiger partial charge is 0.289 e. The monoisotopic (exact) mass is 367 g/mol. The fourth-order valence-corrected chi connectivity index (χ4v) is 3.41. The summed E-state index contributed by atoms with van der Waals surface area (Å²) < 4.78 is 13.4. The van der Waals surface area contributed by atoms with Gasteiger partial charge in [0.2, 0.25) is 0 Å². The molecule has 3 aromatic carbocycles. The highest BCUT2D eigenvalue weighted by molar-refractivity contribution is 6.16. The van der Waals surface area contributed by atoms with Crippen LogP contribution >= 0.6 is 0 Å². The summed E-state index contributed by atoms with van der Waals surface area (Å²) in [5.41, 5.74) is 4.57. The summed E-state index contributed by atoms with van der Waals surface area (Å²) in [7, 11) is 0. The number of nitrogens with zero attached hydrogens (tertiary/aromatic N) is 1. The maximum absolute atomic E-state index is 13.4. The number of hydrogen-bond acceptors (Lipinski definition) is 2. The normalized spacial score (nSPS) is 11.2. The van der Waals surface area contributed by atoms with Crippen molar-refractivity contribution in [1.82, 2.24) is 4.98 Å². The molecule has 0 amide bonds. The van der Waals surface area contributed by atoms with E-state index in [4.69, 9.17) is 0 Å². The Balaban J connectivity index is 1.88. The number of halogens is 1. The molecule has 1 heterocycles. The van der Waals surface area contributed by atoms with Gasteiger partial charge in [0.15, 0.2) is 5.78 Å². The van der Waals surface area contributed by atoms with Gasteiger partial charge in [0.25, 0.3) is 0 Å². The Hall–Kier alpha value is -3.59. The molecule has 0 unspecified atom stereocenters. The Bertz CT molecular complexity index is 1200. The van der Waals surface area contributed by atoms with E-state index < -0.39 is 0 Å². The number of fused-ring (bicyclic) bond motifs is 1. The zero-order chi connectivity index (χ0) is 19.5. The summed E-state index contributed by atoms with van der Waals surface area (Å²) in [5.74, 6) is -0.484. The highest BCUT2D eigenvalue weighted by atomic mass is 19.1. The van der Waals surface area contributed by atoms with Crippen LogP contribution in [0.25, 0.3) is 28.1 Å². The van der Waals surface area contributed by atoms with Crippen LogP contribution in [-0.4, -0.2) is 10.8 Å². The maximum atomic E-state index is 13.4. The minimum atomic E-state index is -0.330. The standard InChI is InChI=1S/C25H18FNO/c1-17-24(23(28)15-14-18-8-7-11-20(26)16-18)25(19-9-3-2-4-10-19)21-12-5-6-13-22(21)27-17/h2-16H,1H3/b15-14+. The number of aromatic nitrogens is 1. The van der Waals surface area contributed by atoms with Crippen molar-refractivity contribution in [3.63, 3.8) is 0 Å². The van der Waals surface area contributed by atoms with E-state index in [1.54, 1.807) is 18.2 Å². The minimum Gasteiger partial charge on any atom is -0.289 e. The summed E-state index contributed by atoms with van der Waals surface area (Å²) in [4.78, 5) is 17.8. The number of ketones is 1. The third kappa shape index (κ3) is 3.47. The number of benzene rings is 3. The lowest BCUT2D eigenvalue weighted by atomic mass is 9.92. The second kappa shape index (κ2) is 7.57. The van der Waals surface area contributed by atoms with Crippen molar-refractivity contribution in [3.05, 3.63) is 108 Å². The molecule has 0 saturated carbocycles. The van der Waals surface area contributed by atoms with Gasteiger partial charge in [-0.1, -0.05) is 66.7 Å². The molecule has 2 nitrogen and oxygen atoms in total. The molecule has 3 heteroatoms.